The standard InChI is InChI=1S/C13H26N2O3/c1-9(2)7-10(14)13(17)15-11-5-3-4-6-18-8-12(11)16/h9-12,16H,3-8,14H2,1-2H3,(H,15,17)/t10-,11?,12+/m0/s1. The van der Waals surface area contributed by atoms with Crippen molar-refractivity contribution in [2.24, 2.45) is 11.7 Å². The summed E-state index contributed by atoms with van der Waals surface area (Å²) in [6.07, 6.45) is 2.72. The van der Waals surface area contributed by atoms with E-state index in [2.05, 4.69) is 5.32 Å². The van der Waals surface area contributed by atoms with Crippen molar-refractivity contribution in [2.45, 2.75) is 57.7 Å². The highest BCUT2D eigenvalue weighted by Crippen LogP contribution is 2.11. The maximum atomic E-state index is 11.9. The largest absolute Gasteiger partial charge is 0.389 e. The van der Waals surface area contributed by atoms with E-state index in [9.17, 15) is 9.90 Å². The number of nitrogens with two attached hydrogens (primary N) is 1. The van der Waals surface area contributed by atoms with Crippen LogP contribution in [-0.2, 0) is 9.53 Å². The molecule has 5 heteroatoms. The van der Waals surface area contributed by atoms with Crippen LogP contribution in [0.2, 0.25) is 0 Å². The van der Waals surface area contributed by atoms with Gasteiger partial charge >= 0.3 is 0 Å². The van der Waals surface area contributed by atoms with Crippen molar-refractivity contribution in [3.63, 3.8) is 0 Å². The van der Waals surface area contributed by atoms with Crippen molar-refractivity contribution in [2.75, 3.05) is 13.2 Å². The van der Waals surface area contributed by atoms with Crippen molar-refractivity contribution < 1.29 is 14.6 Å². The lowest BCUT2D eigenvalue weighted by Gasteiger charge is -2.27. The predicted octanol–water partition coefficient (Wildman–Crippen LogP) is 0.406. The van der Waals surface area contributed by atoms with Crippen LogP contribution in [0, 0.1) is 5.92 Å². The third-order valence-corrected chi connectivity index (χ3v) is 3.20. The van der Waals surface area contributed by atoms with Gasteiger partial charge in [0.15, 0.2) is 0 Å². The van der Waals surface area contributed by atoms with Crippen molar-refractivity contribution >= 4 is 5.91 Å². The van der Waals surface area contributed by atoms with Gasteiger partial charge in [0.2, 0.25) is 5.91 Å². The summed E-state index contributed by atoms with van der Waals surface area (Å²) < 4.78 is 5.29. The van der Waals surface area contributed by atoms with Crippen molar-refractivity contribution in [3.05, 3.63) is 0 Å². The fraction of sp³-hybridized carbons (Fsp3) is 0.923. The molecular formula is C13H26N2O3. The molecule has 1 rings (SSSR count). The summed E-state index contributed by atoms with van der Waals surface area (Å²) in [7, 11) is 0. The minimum absolute atomic E-state index is 0.173. The normalized spacial score (nSPS) is 27.4. The van der Waals surface area contributed by atoms with Crippen LogP contribution < -0.4 is 11.1 Å². The van der Waals surface area contributed by atoms with Gasteiger partial charge in [0, 0.05) is 6.61 Å². The summed E-state index contributed by atoms with van der Waals surface area (Å²) in [6.45, 7) is 5.03. The summed E-state index contributed by atoms with van der Waals surface area (Å²) in [5.74, 6) is 0.213. The van der Waals surface area contributed by atoms with E-state index in [4.69, 9.17) is 10.5 Å². The van der Waals surface area contributed by atoms with Gasteiger partial charge in [-0.3, -0.25) is 4.79 Å². The molecule has 0 aromatic rings. The van der Waals surface area contributed by atoms with Gasteiger partial charge in [-0.1, -0.05) is 13.8 Å². The highest BCUT2D eigenvalue weighted by atomic mass is 16.5. The minimum Gasteiger partial charge on any atom is -0.389 e. The van der Waals surface area contributed by atoms with E-state index in [1.165, 1.54) is 0 Å². The first-order valence-electron chi connectivity index (χ1n) is 6.82. The van der Waals surface area contributed by atoms with Crippen molar-refractivity contribution in [1.29, 1.82) is 0 Å². The summed E-state index contributed by atoms with van der Waals surface area (Å²) in [5, 5.41) is 12.8. The average molecular weight is 258 g/mol. The van der Waals surface area contributed by atoms with E-state index in [0.29, 0.717) is 18.9 Å². The summed E-state index contributed by atoms with van der Waals surface area (Å²) in [4.78, 5) is 11.9. The second-order valence-electron chi connectivity index (χ2n) is 5.49. The zero-order valence-corrected chi connectivity index (χ0v) is 11.4. The Morgan fingerprint density at radius 2 is 2.22 bits per heavy atom. The first kappa shape index (κ1) is 15.4. The lowest BCUT2D eigenvalue weighted by molar-refractivity contribution is -0.125. The molecule has 106 valence electrons. The Hall–Kier alpha value is -0.650. The number of nitrogens with one attached hydrogen (secondary N) is 1. The first-order valence-corrected chi connectivity index (χ1v) is 6.82. The van der Waals surface area contributed by atoms with Crippen LogP contribution in [0.25, 0.3) is 0 Å². The molecule has 1 heterocycles. The lowest BCUT2D eigenvalue weighted by atomic mass is 10.0. The van der Waals surface area contributed by atoms with Gasteiger partial charge in [0.25, 0.3) is 0 Å². The second-order valence-corrected chi connectivity index (χ2v) is 5.49. The number of carbonyl (C=O) groups excluding carboxylic acids is 1. The topological polar surface area (TPSA) is 84.6 Å². The van der Waals surface area contributed by atoms with Crippen LogP contribution in [0.1, 0.15) is 39.5 Å². The molecule has 0 aliphatic carbocycles. The van der Waals surface area contributed by atoms with Gasteiger partial charge in [0.1, 0.15) is 0 Å². The van der Waals surface area contributed by atoms with E-state index in [1.807, 2.05) is 13.8 Å². The third kappa shape index (κ3) is 5.33. The predicted molar refractivity (Wildman–Crippen MR) is 70.0 cm³/mol. The number of carbonyl (C=O) groups is 1. The van der Waals surface area contributed by atoms with Gasteiger partial charge in [-0.15, -0.1) is 0 Å². The zero-order valence-electron chi connectivity index (χ0n) is 11.4. The highest BCUT2D eigenvalue weighted by Gasteiger charge is 2.25. The molecule has 0 saturated carbocycles. The Labute approximate surface area is 109 Å². The molecule has 0 bridgehead atoms. The number of hydrogen-bond donors (Lipinski definition) is 3. The molecule has 1 aliphatic rings. The smallest absolute Gasteiger partial charge is 0.237 e. The Bertz CT molecular complexity index is 259. The first-order chi connectivity index (χ1) is 8.50. The molecule has 0 radical (unpaired) electrons. The van der Waals surface area contributed by atoms with Gasteiger partial charge in [0.05, 0.1) is 24.8 Å². The zero-order chi connectivity index (χ0) is 13.5. The monoisotopic (exact) mass is 258 g/mol. The molecule has 1 saturated heterocycles. The van der Waals surface area contributed by atoms with Gasteiger partial charge in [-0.2, -0.15) is 0 Å². The van der Waals surface area contributed by atoms with Crippen LogP contribution in [0.4, 0.5) is 0 Å². The Balaban J connectivity index is 2.44. The number of hydrogen-bond acceptors (Lipinski definition) is 4. The number of ether oxygens (including phenoxy) is 1. The Morgan fingerprint density at radius 1 is 1.50 bits per heavy atom. The Kier molecular flexibility index (Phi) is 6.60. The van der Waals surface area contributed by atoms with Gasteiger partial charge < -0.3 is 20.9 Å². The molecule has 1 aliphatic heterocycles. The van der Waals surface area contributed by atoms with Crippen LogP contribution in [0.5, 0.6) is 0 Å². The SMILES string of the molecule is CC(C)C[C@H](N)C(=O)NC1CCCCOC[C@H]1O. The number of aliphatic hydroxyl groups is 1. The number of rotatable bonds is 4. The summed E-state index contributed by atoms with van der Waals surface area (Å²) in [5.41, 5.74) is 5.83. The molecule has 3 atom stereocenters. The summed E-state index contributed by atoms with van der Waals surface area (Å²) in [6, 6.07) is -0.737. The van der Waals surface area contributed by atoms with E-state index in [0.717, 1.165) is 19.3 Å². The van der Waals surface area contributed by atoms with Crippen LogP contribution >= 0.6 is 0 Å². The number of aliphatic hydroxyl groups excluding tert-OH is 1. The number of amides is 1. The minimum atomic E-state index is -0.638. The van der Waals surface area contributed by atoms with E-state index >= 15 is 0 Å². The van der Waals surface area contributed by atoms with E-state index in [1.54, 1.807) is 0 Å². The maximum Gasteiger partial charge on any atom is 0.237 e. The van der Waals surface area contributed by atoms with Crippen LogP contribution in [0.3, 0.4) is 0 Å². The fourth-order valence-corrected chi connectivity index (χ4v) is 2.15. The van der Waals surface area contributed by atoms with Gasteiger partial charge in [-0.25, -0.2) is 0 Å². The molecule has 1 fully saturated rings. The molecule has 5 nitrogen and oxygen atoms in total. The van der Waals surface area contributed by atoms with Gasteiger partial charge in [-0.05, 0) is 31.6 Å². The quantitative estimate of drug-likeness (QED) is 0.681. The molecule has 0 spiro atoms. The maximum absolute atomic E-state index is 11.9. The average Bonchev–Trinajstić information content (AvgIpc) is 2.27. The van der Waals surface area contributed by atoms with Crippen LogP contribution in [-0.4, -0.2) is 42.4 Å². The van der Waals surface area contributed by atoms with Crippen molar-refractivity contribution in [3.8, 4) is 0 Å². The molecule has 4 N–H and O–H groups in total. The third-order valence-electron chi connectivity index (χ3n) is 3.20. The van der Waals surface area contributed by atoms with Crippen LogP contribution in [0.15, 0.2) is 0 Å². The second kappa shape index (κ2) is 7.71. The van der Waals surface area contributed by atoms with E-state index in [-0.39, 0.29) is 18.6 Å². The lowest BCUT2D eigenvalue weighted by Crippen LogP contribution is -2.51. The molecular weight excluding hydrogens is 232 g/mol. The highest BCUT2D eigenvalue weighted by molar-refractivity contribution is 5.81. The molecule has 1 amide bonds. The molecule has 0 aromatic heterocycles. The Morgan fingerprint density at radius 3 is 2.89 bits per heavy atom. The molecule has 0 aromatic carbocycles. The molecule has 1 unspecified atom stereocenters. The summed E-state index contributed by atoms with van der Waals surface area (Å²) >= 11 is 0. The van der Waals surface area contributed by atoms with Crippen molar-refractivity contribution in [1.82, 2.24) is 5.32 Å². The fourth-order valence-electron chi connectivity index (χ4n) is 2.15. The van der Waals surface area contributed by atoms with E-state index < -0.39 is 12.1 Å². The molecule has 18 heavy (non-hydrogen) atoms.